The number of likely N-dealkylation sites (tertiary alicyclic amines) is 1. The Morgan fingerprint density at radius 1 is 1.41 bits per heavy atom. The minimum atomic E-state index is -0.437. The minimum absolute atomic E-state index is 0.165. The zero-order valence-corrected chi connectivity index (χ0v) is 11.0. The van der Waals surface area contributed by atoms with E-state index in [0.29, 0.717) is 6.04 Å². The van der Waals surface area contributed by atoms with Crippen LogP contribution in [0.15, 0.2) is 0 Å². The second-order valence-corrected chi connectivity index (χ2v) is 5.90. The Bertz CT molecular complexity index is 278. The largest absolute Gasteiger partial charge is 0.368 e. The van der Waals surface area contributed by atoms with Crippen LogP contribution < -0.4 is 11.1 Å². The highest BCUT2D eigenvalue weighted by molar-refractivity contribution is 5.84. The van der Waals surface area contributed by atoms with E-state index >= 15 is 0 Å². The average molecular weight is 239 g/mol. The number of rotatable bonds is 5. The second kappa shape index (κ2) is 4.94. The molecule has 0 aromatic carbocycles. The molecule has 1 aliphatic heterocycles. The highest BCUT2D eigenvalue weighted by Gasteiger charge is 2.40. The standard InChI is InChI=1S/C13H25N3O/c1-10(2)16-7-5-13(6-8-16,12(14)17)15-9-11-3-4-11/h10-11,15H,3-9H2,1-2H3,(H2,14,17). The molecule has 1 heterocycles. The molecule has 3 N–H and O–H groups in total. The fraction of sp³-hybridized carbons (Fsp3) is 0.923. The number of carbonyl (C=O) groups excluding carboxylic acids is 1. The lowest BCUT2D eigenvalue weighted by Gasteiger charge is -2.42. The van der Waals surface area contributed by atoms with Crippen molar-refractivity contribution in [3.8, 4) is 0 Å². The van der Waals surface area contributed by atoms with Crippen molar-refractivity contribution in [2.45, 2.75) is 51.1 Å². The summed E-state index contributed by atoms with van der Waals surface area (Å²) in [6.45, 7) is 7.31. The van der Waals surface area contributed by atoms with Gasteiger partial charge in [0.2, 0.25) is 5.91 Å². The van der Waals surface area contributed by atoms with Crippen molar-refractivity contribution in [2.24, 2.45) is 11.7 Å². The van der Waals surface area contributed by atoms with E-state index in [9.17, 15) is 4.79 Å². The molecule has 0 spiro atoms. The monoisotopic (exact) mass is 239 g/mol. The fourth-order valence-electron chi connectivity index (χ4n) is 2.59. The molecule has 2 aliphatic rings. The van der Waals surface area contributed by atoms with Crippen LogP contribution in [-0.4, -0.2) is 42.0 Å². The van der Waals surface area contributed by atoms with E-state index in [-0.39, 0.29) is 5.91 Å². The predicted molar refractivity (Wildman–Crippen MR) is 68.6 cm³/mol. The van der Waals surface area contributed by atoms with Crippen LogP contribution in [-0.2, 0) is 4.79 Å². The number of hydrogen-bond donors (Lipinski definition) is 2. The van der Waals surface area contributed by atoms with E-state index in [0.717, 1.165) is 38.4 Å². The lowest BCUT2D eigenvalue weighted by atomic mass is 9.86. The van der Waals surface area contributed by atoms with Gasteiger partial charge in [-0.25, -0.2) is 0 Å². The highest BCUT2D eigenvalue weighted by Crippen LogP contribution is 2.30. The van der Waals surface area contributed by atoms with Gasteiger partial charge in [-0.05, 0) is 52.0 Å². The fourth-order valence-corrected chi connectivity index (χ4v) is 2.59. The number of nitrogens with two attached hydrogens (primary N) is 1. The van der Waals surface area contributed by atoms with Crippen LogP contribution >= 0.6 is 0 Å². The summed E-state index contributed by atoms with van der Waals surface area (Å²) in [6, 6.07) is 0.560. The van der Waals surface area contributed by atoms with Gasteiger partial charge in [0.25, 0.3) is 0 Å². The Hall–Kier alpha value is -0.610. The summed E-state index contributed by atoms with van der Waals surface area (Å²) in [7, 11) is 0. The van der Waals surface area contributed by atoms with Gasteiger partial charge < -0.3 is 16.0 Å². The molecule has 0 bridgehead atoms. The normalized spacial score (nSPS) is 25.1. The highest BCUT2D eigenvalue weighted by atomic mass is 16.1. The molecule has 4 heteroatoms. The van der Waals surface area contributed by atoms with Gasteiger partial charge in [-0.15, -0.1) is 0 Å². The van der Waals surface area contributed by atoms with Gasteiger partial charge in [0, 0.05) is 19.1 Å². The Labute approximate surface area is 104 Å². The molecule has 98 valence electrons. The third kappa shape index (κ3) is 2.99. The molecule has 1 amide bonds. The summed E-state index contributed by atoms with van der Waals surface area (Å²) < 4.78 is 0. The number of carbonyl (C=O) groups is 1. The Kier molecular flexibility index (Phi) is 3.73. The molecule has 0 aromatic heterocycles. The molecule has 1 saturated carbocycles. The lowest BCUT2D eigenvalue weighted by Crippen LogP contribution is -2.61. The quantitative estimate of drug-likeness (QED) is 0.743. The van der Waals surface area contributed by atoms with Crippen molar-refractivity contribution in [3.63, 3.8) is 0 Å². The smallest absolute Gasteiger partial charge is 0.237 e. The van der Waals surface area contributed by atoms with Crippen molar-refractivity contribution >= 4 is 5.91 Å². The van der Waals surface area contributed by atoms with Gasteiger partial charge in [-0.2, -0.15) is 0 Å². The van der Waals surface area contributed by atoms with Crippen LogP contribution in [0.5, 0.6) is 0 Å². The van der Waals surface area contributed by atoms with Gasteiger partial charge in [0.1, 0.15) is 5.54 Å². The van der Waals surface area contributed by atoms with Crippen LogP contribution in [0.25, 0.3) is 0 Å². The van der Waals surface area contributed by atoms with Crippen molar-refractivity contribution < 1.29 is 4.79 Å². The molecule has 0 radical (unpaired) electrons. The molecule has 2 fully saturated rings. The van der Waals surface area contributed by atoms with Crippen LogP contribution in [0, 0.1) is 5.92 Å². The van der Waals surface area contributed by atoms with E-state index in [4.69, 9.17) is 5.73 Å². The van der Waals surface area contributed by atoms with Gasteiger partial charge in [-0.1, -0.05) is 0 Å². The maximum Gasteiger partial charge on any atom is 0.237 e. The molecule has 17 heavy (non-hydrogen) atoms. The number of amides is 1. The average Bonchev–Trinajstić information content (AvgIpc) is 3.10. The second-order valence-electron chi connectivity index (χ2n) is 5.90. The number of primary amides is 1. The lowest BCUT2D eigenvalue weighted by molar-refractivity contribution is -0.126. The zero-order valence-electron chi connectivity index (χ0n) is 11.0. The Morgan fingerprint density at radius 3 is 2.41 bits per heavy atom. The number of hydrogen-bond acceptors (Lipinski definition) is 3. The van der Waals surface area contributed by atoms with Crippen molar-refractivity contribution in [3.05, 3.63) is 0 Å². The first-order valence-corrected chi connectivity index (χ1v) is 6.82. The summed E-state index contributed by atoms with van der Waals surface area (Å²) in [5.41, 5.74) is 5.17. The molecule has 0 atom stereocenters. The SMILES string of the molecule is CC(C)N1CCC(NCC2CC2)(C(N)=O)CC1. The van der Waals surface area contributed by atoms with E-state index in [1.54, 1.807) is 0 Å². The molecule has 1 saturated heterocycles. The topological polar surface area (TPSA) is 58.4 Å². The van der Waals surface area contributed by atoms with E-state index < -0.39 is 5.54 Å². The summed E-state index contributed by atoms with van der Waals surface area (Å²) in [4.78, 5) is 14.1. The molecule has 0 unspecified atom stereocenters. The van der Waals surface area contributed by atoms with Crippen LogP contribution in [0.1, 0.15) is 39.5 Å². The maximum absolute atomic E-state index is 11.7. The molecular weight excluding hydrogens is 214 g/mol. The Balaban J connectivity index is 1.91. The summed E-state index contributed by atoms with van der Waals surface area (Å²) in [5.74, 6) is 0.621. The van der Waals surface area contributed by atoms with Crippen molar-refractivity contribution in [2.75, 3.05) is 19.6 Å². The zero-order chi connectivity index (χ0) is 12.5. The van der Waals surface area contributed by atoms with Crippen LogP contribution in [0.3, 0.4) is 0 Å². The number of nitrogens with one attached hydrogen (secondary N) is 1. The molecule has 4 nitrogen and oxygen atoms in total. The van der Waals surface area contributed by atoms with Crippen LogP contribution in [0.2, 0.25) is 0 Å². The summed E-state index contributed by atoms with van der Waals surface area (Å²) >= 11 is 0. The Morgan fingerprint density at radius 2 is 2.00 bits per heavy atom. The van der Waals surface area contributed by atoms with Crippen molar-refractivity contribution in [1.29, 1.82) is 0 Å². The van der Waals surface area contributed by atoms with E-state index in [1.165, 1.54) is 12.8 Å². The maximum atomic E-state index is 11.7. The number of nitrogens with zero attached hydrogens (tertiary/aromatic N) is 1. The third-order valence-electron chi connectivity index (χ3n) is 4.28. The van der Waals surface area contributed by atoms with Gasteiger partial charge in [0.15, 0.2) is 0 Å². The first-order chi connectivity index (χ1) is 8.03. The van der Waals surface area contributed by atoms with E-state index in [1.807, 2.05) is 0 Å². The molecule has 1 aliphatic carbocycles. The summed E-state index contributed by atoms with van der Waals surface area (Å²) in [5, 5.41) is 3.45. The molecular formula is C13H25N3O. The van der Waals surface area contributed by atoms with Gasteiger partial charge in [-0.3, -0.25) is 4.79 Å². The van der Waals surface area contributed by atoms with Gasteiger partial charge >= 0.3 is 0 Å². The minimum Gasteiger partial charge on any atom is -0.368 e. The van der Waals surface area contributed by atoms with Crippen LogP contribution in [0.4, 0.5) is 0 Å². The first kappa shape index (κ1) is 12.8. The van der Waals surface area contributed by atoms with Gasteiger partial charge in [0.05, 0.1) is 0 Å². The molecule has 0 aromatic rings. The first-order valence-electron chi connectivity index (χ1n) is 6.82. The van der Waals surface area contributed by atoms with E-state index in [2.05, 4.69) is 24.1 Å². The third-order valence-corrected chi connectivity index (χ3v) is 4.28. The number of piperidine rings is 1. The summed E-state index contributed by atoms with van der Waals surface area (Å²) in [6.07, 6.45) is 4.32. The molecule has 2 rings (SSSR count). The van der Waals surface area contributed by atoms with Crippen molar-refractivity contribution in [1.82, 2.24) is 10.2 Å². The predicted octanol–water partition coefficient (Wildman–Crippen LogP) is 0.714.